The first-order chi connectivity index (χ1) is 8.09. The molecular formula is C15H25NO. The first-order valence-electron chi connectivity index (χ1n) is 6.11. The van der Waals surface area contributed by atoms with Crippen molar-refractivity contribution in [3.63, 3.8) is 0 Å². The van der Waals surface area contributed by atoms with Crippen LogP contribution in [0.2, 0.25) is 0 Å². The lowest BCUT2D eigenvalue weighted by Crippen LogP contribution is -2.19. The molecule has 0 amide bonds. The number of nitrogens with two attached hydrogens (primary N) is 1. The van der Waals surface area contributed by atoms with E-state index in [0.29, 0.717) is 0 Å². The molecule has 1 aliphatic carbocycles. The molecule has 0 unspecified atom stereocenters. The average Bonchev–Trinajstić information content (AvgIpc) is 2.33. The second-order valence-corrected chi connectivity index (χ2v) is 4.34. The molecule has 0 saturated carbocycles. The lowest BCUT2D eigenvalue weighted by Gasteiger charge is -2.29. The van der Waals surface area contributed by atoms with Crippen LogP contribution in [0.25, 0.3) is 6.08 Å². The van der Waals surface area contributed by atoms with Gasteiger partial charge in [-0.25, -0.2) is 0 Å². The highest BCUT2D eigenvalue weighted by atomic mass is 16.2. The molecule has 0 aromatic heterocycles. The van der Waals surface area contributed by atoms with E-state index in [1.165, 1.54) is 11.1 Å². The Labute approximate surface area is 105 Å². The minimum absolute atomic E-state index is 0.262. The molecule has 2 nitrogen and oxygen atoms in total. The van der Waals surface area contributed by atoms with E-state index in [-0.39, 0.29) is 5.41 Å². The number of fused-ring (bicyclic) bond motifs is 1. The maximum Gasteiger partial charge on any atom is 0.0320 e. The first-order valence-corrected chi connectivity index (χ1v) is 6.11. The molecule has 17 heavy (non-hydrogen) atoms. The van der Waals surface area contributed by atoms with E-state index < -0.39 is 0 Å². The van der Waals surface area contributed by atoms with Gasteiger partial charge in [0.15, 0.2) is 0 Å². The average molecular weight is 235 g/mol. The Bertz CT molecular complexity index is 367. The number of benzene rings is 1. The van der Waals surface area contributed by atoms with E-state index >= 15 is 0 Å². The van der Waals surface area contributed by atoms with Crippen molar-refractivity contribution >= 4 is 11.8 Å². The smallest absolute Gasteiger partial charge is 0.0320 e. The number of anilines is 1. The molecule has 1 aromatic carbocycles. The summed E-state index contributed by atoms with van der Waals surface area (Å²) in [5.74, 6) is 0. The quantitative estimate of drug-likeness (QED) is 0.675. The van der Waals surface area contributed by atoms with Crippen LogP contribution in [0, 0.1) is 0 Å². The van der Waals surface area contributed by atoms with Crippen molar-refractivity contribution in [3.8, 4) is 0 Å². The summed E-state index contributed by atoms with van der Waals surface area (Å²) in [5.41, 5.74) is 9.53. The van der Waals surface area contributed by atoms with Gasteiger partial charge in [0, 0.05) is 12.8 Å². The van der Waals surface area contributed by atoms with Crippen molar-refractivity contribution < 1.29 is 5.11 Å². The van der Waals surface area contributed by atoms with Gasteiger partial charge in [0.2, 0.25) is 0 Å². The van der Waals surface area contributed by atoms with Gasteiger partial charge < -0.3 is 10.8 Å². The van der Waals surface area contributed by atoms with Crippen LogP contribution in [0.1, 0.15) is 45.2 Å². The van der Waals surface area contributed by atoms with E-state index in [1.807, 2.05) is 26.0 Å². The molecule has 2 heteroatoms. The Morgan fingerprint density at radius 3 is 2.35 bits per heavy atom. The molecule has 0 spiro atoms. The van der Waals surface area contributed by atoms with Gasteiger partial charge in [-0.1, -0.05) is 45.9 Å². The predicted molar refractivity (Wildman–Crippen MR) is 77.0 cm³/mol. The third kappa shape index (κ3) is 3.90. The number of aliphatic hydroxyl groups is 1. The number of allylic oxidation sites excluding steroid dienone is 1. The molecule has 2 rings (SSSR count). The fourth-order valence-electron chi connectivity index (χ4n) is 1.93. The van der Waals surface area contributed by atoms with Crippen molar-refractivity contribution in [1.82, 2.24) is 0 Å². The maximum absolute atomic E-state index is 7.00. The summed E-state index contributed by atoms with van der Waals surface area (Å²) in [5, 5.41) is 7.00. The van der Waals surface area contributed by atoms with Crippen molar-refractivity contribution in [2.24, 2.45) is 0 Å². The minimum Gasteiger partial charge on any atom is -0.400 e. The molecule has 0 saturated heterocycles. The van der Waals surface area contributed by atoms with Crippen LogP contribution in [0.5, 0.6) is 0 Å². The Morgan fingerprint density at radius 1 is 1.18 bits per heavy atom. The minimum atomic E-state index is 0.262. The Balaban J connectivity index is 0.000000581. The Morgan fingerprint density at radius 2 is 1.76 bits per heavy atom. The first kappa shape index (κ1) is 15.7. The third-order valence-corrected chi connectivity index (χ3v) is 2.73. The lowest BCUT2D eigenvalue weighted by atomic mass is 9.76. The van der Waals surface area contributed by atoms with Gasteiger partial charge in [0.25, 0.3) is 0 Å². The molecule has 1 aliphatic rings. The van der Waals surface area contributed by atoms with Gasteiger partial charge in [-0.2, -0.15) is 0 Å². The number of nitrogen functional groups attached to an aromatic ring is 1. The van der Waals surface area contributed by atoms with E-state index in [2.05, 4.69) is 32.1 Å². The topological polar surface area (TPSA) is 46.2 Å². The predicted octanol–water partition coefficient (Wildman–Crippen LogP) is 3.60. The zero-order valence-corrected chi connectivity index (χ0v) is 11.6. The molecule has 0 heterocycles. The van der Waals surface area contributed by atoms with E-state index in [0.717, 1.165) is 19.2 Å². The number of hydrogen-bond donors (Lipinski definition) is 2. The Kier molecular flexibility index (Phi) is 6.59. The van der Waals surface area contributed by atoms with Gasteiger partial charge in [0.05, 0.1) is 0 Å². The van der Waals surface area contributed by atoms with Crippen LogP contribution in [0.15, 0.2) is 24.3 Å². The van der Waals surface area contributed by atoms with Crippen LogP contribution in [-0.2, 0) is 5.41 Å². The summed E-state index contributed by atoms with van der Waals surface area (Å²) >= 11 is 0. The number of aliphatic hydroxyl groups excluding tert-OH is 1. The maximum atomic E-state index is 7.00. The van der Waals surface area contributed by atoms with Crippen LogP contribution < -0.4 is 5.73 Å². The van der Waals surface area contributed by atoms with Crippen molar-refractivity contribution in [2.75, 3.05) is 12.8 Å². The molecule has 0 bridgehead atoms. The molecule has 0 aliphatic heterocycles. The molecule has 3 N–H and O–H groups in total. The zero-order valence-electron chi connectivity index (χ0n) is 11.6. The van der Waals surface area contributed by atoms with E-state index in [9.17, 15) is 0 Å². The second kappa shape index (κ2) is 7.13. The molecule has 0 fully saturated rings. The highest BCUT2D eigenvalue weighted by Gasteiger charge is 2.23. The molecule has 96 valence electrons. The normalized spacial score (nSPS) is 14.7. The van der Waals surface area contributed by atoms with Gasteiger partial charge >= 0.3 is 0 Å². The van der Waals surface area contributed by atoms with Crippen LogP contribution in [0.4, 0.5) is 5.69 Å². The summed E-state index contributed by atoms with van der Waals surface area (Å²) in [6.45, 7) is 8.54. The fourth-order valence-corrected chi connectivity index (χ4v) is 1.93. The second-order valence-electron chi connectivity index (χ2n) is 4.34. The summed E-state index contributed by atoms with van der Waals surface area (Å²) < 4.78 is 0. The summed E-state index contributed by atoms with van der Waals surface area (Å²) in [6, 6.07) is 6.18. The van der Waals surface area contributed by atoms with Gasteiger partial charge in [-0.3, -0.25) is 0 Å². The lowest BCUT2D eigenvalue weighted by molar-refractivity contribution is 0.399. The highest BCUT2D eigenvalue weighted by Crippen LogP contribution is 2.35. The molecule has 1 aromatic rings. The van der Waals surface area contributed by atoms with Gasteiger partial charge in [0.1, 0.15) is 0 Å². The molecule has 0 atom stereocenters. The summed E-state index contributed by atoms with van der Waals surface area (Å²) in [4.78, 5) is 0. The van der Waals surface area contributed by atoms with Crippen LogP contribution >= 0.6 is 0 Å². The molecule has 0 radical (unpaired) electrons. The van der Waals surface area contributed by atoms with E-state index in [4.69, 9.17) is 10.8 Å². The van der Waals surface area contributed by atoms with Crippen molar-refractivity contribution in [3.05, 3.63) is 35.4 Å². The Hall–Kier alpha value is -1.28. The third-order valence-electron chi connectivity index (χ3n) is 2.73. The summed E-state index contributed by atoms with van der Waals surface area (Å²) in [6.07, 6.45) is 5.50. The van der Waals surface area contributed by atoms with Crippen LogP contribution in [0.3, 0.4) is 0 Å². The fraction of sp³-hybridized carbons (Fsp3) is 0.467. The highest BCUT2D eigenvalue weighted by molar-refractivity contribution is 5.63. The number of rotatable bonds is 0. The summed E-state index contributed by atoms with van der Waals surface area (Å²) in [7, 11) is 1.00. The van der Waals surface area contributed by atoms with Crippen LogP contribution in [-0.4, -0.2) is 12.2 Å². The zero-order chi connectivity index (χ0) is 13.5. The van der Waals surface area contributed by atoms with Crippen molar-refractivity contribution in [2.45, 2.75) is 39.5 Å². The standard InChI is InChI=1S/C12H15N.C2H6.CH4O/c1-12(2)7-3-4-9-8-10(13)5-6-11(9)12;2*1-2/h3-6,8H,7,13H2,1-2H3;1-2H3;2H,1H3. The molecular weight excluding hydrogens is 210 g/mol. The van der Waals surface area contributed by atoms with E-state index in [1.54, 1.807) is 0 Å². The monoisotopic (exact) mass is 235 g/mol. The number of hydrogen-bond acceptors (Lipinski definition) is 2. The SMILES string of the molecule is CC.CC1(C)CC=Cc2cc(N)ccc21.CO. The largest absolute Gasteiger partial charge is 0.400 e. The van der Waals surface area contributed by atoms with Gasteiger partial charge in [-0.05, 0) is 35.1 Å². The van der Waals surface area contributed by atoms with Gasteiger partial charge in [-0.15, -0.1) is 0 Å². The van der Waals surface area contributed by atoms with Crippen molar-refractivity contribution in [1.29, 1.82) is 0 Å².